The molecule has 3 nitrogen and oxygen atoms in total. The lowest BCUT2D eigenvalue weighted by atomic mass is 10.0. The van der Waals surface area contributed by atoms with Gasteiger partial charge < -0.3 is 10.2 Å². The summed E-state index contributed by atoms with van der Waals surface area (Å²) >= 11 is 5.94. The first-order valence-corrected chi connectivity index (χ1v) is 7.91. The highest BCUT2D eigenvalue weighted by Crippen LogP contribution is 2.22. The number of amides is 1. The van der Waals surface area contributed by atoms with Crippen LogP contribution in [0, 0.1) is 11.6 Å². The van der Waals surface area contributed by atoms with Crippen LogP contribution < -0.4 is 5.32 Å². The van der Waals surface area contributed by atoms with Crippen LogP contribution in [0.15, 0.2) is 42.5 Å². The first kappa shape index (κ1) is 18.4. The highest BCUT2D eigenvalue weighted by Gasteiger charge is 2.20. The first-order chi connectivity index (χ1) is 11.4. The Labute approximate surface area is 145 Å². The van der Waals surface area contributed by atoms with Crippen molar-refractivity contribution in [2.45, 2.75) is 12.5 Å². The zero-order valence-corrected chi connectivity index (χ0v) is 14.3. The van der Waals surface area contributed by atoms with Crippen molar-refractivity contribution < 1.29 is 13.6 Å². The number of nitrogens with zero attached hydrogens (tertiary/aromatic N) is 1. The maximum absolute atomic E-state index is 13.9. The summed E-state index contributed by atoms with van der Waals surface area (Å²) in [6.07, 6.45) is 0.594. The molecule has 2 rings (SSSR count). The van der Waals surface area contributed by atoms with Crippen LogP contribution in [0.5, 0.6) is 0 Å². The molecule has 6 heteroatoms. The Hall–Kier alpha value is -1.98. The first-order valence-electron chi connectivity index (χ1n) is 7.53. The lowest BCUT2D eigenvalue weighted by molar-refractivity contribution is 0.0929. The average molecular weight is 353 g/mol. The summed E-state index contributed by atoms with van der Waals surface area (Å²) < 4.78 is 27.1. The van der Waals surface area contributed by atoms with E-state index in [1.807, 2.05) is 19.0 Å². The Kier molecular flexibility index (Phi) is 6.29. The van der Waals surface area contributed by atoms with Gasteiger partial charge in [0.25, 0.3) is 5.91 Å². The van der Waals surface area contributed by atoms with Crippen molar-refractivity contribution in [2.24, 2.45) is 0 Å². The van der Waals surface area contributed by atoms with Gasteiger partial charge in [-0.05, 0) is 56.9 Å². The van der Waals surface area contributed by atoms with Gasteiger partial charge in [0.05, 0.1) is 16.6 Å². The van der Waals surface area contributed by atoms with Crippen LogP contribution in [0.2, 0.25) is 5.02 Å². The van der Waals surface area contributed by atoms with Crippen LogP contribution in [0.3, 0.4) is 0 Å². The van der Waals surface area contributed by atoms with Crippen LogP contribution in [0.1, 0.15) is 28.4 Å². The Morgan fingerprint density at radius 2 is 1.83 bits per heavy atom. The van der Waals surface area contributed by atoms with Gasteiger partial charge in [-0.25, -0.2) is 8.78 Å². The van der Waals surface area contributed by atoms with Crippen LogP contribution in [0.25, 0.3) is 0 Å². The van der Waals surface area contributed by atoms with E-state index in [0.29, 0.717) is 13.0 Å². The minimum absolute atomic E-state index is 0.0537. The van der Waals surface area contributed by atoms with Crippen molar-refractivity contribution in [1.29, 1.82) is 0 Å². The molecule has 0 fully saturated rings. The predicted molar refractivity (Wildman–Crippen MR) is 91.2 cm³/mol. The number of rotatable bonds is 6. The Morgan fingerprint density at radius 3 is 2.42 bits per heavy atom. The van der Waals surface area contributed by atoms with Gasteiger partial charge in [0.1, 0.15) is 11.6 Å². The highest BCUT2D eigenvalue weighted by atomic mass is 35.5. The fraction of sp³-hybridized carbons (Fsp3) is 0.278. The second kappa shape index (κ2) is 8.22. The van der Waals surface area contributed by atoms with E-state index in [-0.39, 0.29) is 22.4 Å². The van der Waals surface area contributed by atoms with Gasteiger partial charge in [-0.2, -0.15) is 0 Å². The normalized spacial score (nSPS) is 12.2. The molecule has 0 aliphatic rings. The number of nitrogens with one attached hydrogen (secondary N) is 1. The molecule has 0 saturated heterocycles. The fourth-order valence-corrected chi connectivity index (χ4v) is 2.60. The number of halogens is 3. The fourth-order valence-electron chi connectivity index (χ4n) is 2.35. The summed E-state index contributed by atoms with van der Waals surface area (Å²) in [5.74, 6) is -1.62. The maximum atomic E-state index is 13.9. The molecule has 1 N–H and O–H groups in total. The number of benzene rings is 2. The molecule has 0 aliphatic carbocycles. The Balaban J connectivity index is 2.24. The van der Waals surface area contributed by atoms with E-state index >= 15 is 0 Å². The average Bonchev–Trinajstić information content (AvgIpc) is 2.52. The van der Waals surface area contributed by atoms with E-state index in [4.69, 9.17) is 11.6 Å². The van der Waals surface area contributed by atoms with Gasteiger partial charge in [-0.15, -0.1) is 0 Å². The third kappa shape index (κ3) is 4.76. The molecule has 2 aromatic rings. The molecule has 1 unspecified atom stereocenters. The Bertz CT molecular complexity index is 684. The molecular weight excluding hydrogens is 334 g/mol. The van der Waals surface area contributed by atoms with Crippen molar-refractivity contribution in [3.8, 4) is 0 Å². The molecule has 0 saturated carbocycles. The molecule has 24 heavy (non-hydrogen) atoms. The van der Waals surface area contributed by atoms with E-state index in [1.54, 1.807) is 12.1 Å². The molecule has 1 atom stereocenters. The van der Waals surface area contributed by atoms with Crippen LogP contribution >= 0.6 is 11.6 Å². The predicted octanol–water partition coefficient (Wildman–Crippen LogP) is 4.04. The molecule has 0 aliphatic heterocycles. The van der Waals surface area contributed by atoms with Gasteiger partial charge >= 0.3 is 0 Å². The summed E-state index contributed by atoms with van der Waals surface area (Å²) in [6, 6.07) is 9.60. The maximum Gasteiger partial charge on any atom is 0.256 e. The SMILES string of the molecule is CN(C)CCC(NC(=O)c1c(F)cccc1Cl)c1ccc(F)cc1. The van der Waals surface area contributed by atoms with Gasteiger partial charge in [0, 0.05) is 0 Å². The molecule has 0 bridgehead atoms. The van der Waals surface area contributed by atoms with Crippen LogP contribution in [-0.4, -0.2) is 31.4 Å². The summed E-state index contributed by atoms with van der Waals surface area (Å²) in [6.45, 7) is 0.702. The van der Waals surface area contributed by atoms with Crippen molar-refractivity contribution in [3.05, 3.63) is 70.2 Å². The summed E-state index contributed by atoms with van der Waals surface area (Å²) in [5.41, 5.74) is 0.565. The van der Waals surface area contributed by atoms with Crippen molar-refractivity contribution in [1.82, 2.24) is 10.2 Å². The van der Waals surface area contributed by atoms with Gasteiger partial charge in [-0.1, -0.05) is 29.8 Å². The third-order valence-electron chi connectivity index (χ3n) is 3.63. The van der Waals surface area contributed by atoms with E-state index in [2.05, 4.69) is 5.32 Å². The quantitative estimate of drug-likeness (QED) is 0.851. The van der Waals surface area contributed by atoms with E-state index in [1.165, 1.54) is 30.3 Å². The van der Waals surface area contributed by atoms with Crippen LogP contribution in [-0.2, 0) is 0 Å². The molecule has 0 heterocycles. The van der Waals surface area contributed by atoms with Crippen molar-refractivity contribution in [3.63, 3.8) is 0 Å². The number of carbonyl (C=O) groups is 1. The Morgan fingerprint density at radius 1 is 1.17 bits per heavy atom. The van der Waals surface area contributed by atoms with Gasteiger partial charge in [0.2, 0.25) is 0 Å². The van der Waals surface area contributed by atoms with E-state index < -0.39 is 11.7 Å². The number of carbonyl (C=O) groups excluding carboxylic acids is 1. The smallest absolute Gasteiger partial charge is 0.256 e. The largest absolute Gasteiger partial charge is 0.345 e. The molecule has 1 amide bonds. The third-order valence-corrected chi connectivity index (χ3v) is 3.95. The molecule has 2 aromatic carbocycles. The van der Waals surface area contributed by atoms with E-state index in [0.717, 1.165) is 5.56 Å². The standard InChI is InChI=1S/C18H19ClF2N2O/c1-23(2)11-10-16(12-6-8-13(20)9-7-12)22-18(24)17-14(19)4-3-5-15(17)21/h3-9,16H,10-11H2,1-2H3,(H,22,24). The monoisotopic (exact) mass is 352 g/mol. The second-order valence-corrected chi connectivity index (χ2v) is 6.17. The van der Waals surface area contributed by atoms with Crippen LogP contribution in [0.4, 0.5) is 8.78 Å². The van der Waals surface area contributed by atoms with Gasteiger partial charge in [0.15, 0.2) is 0 Å². The topological polar surface area (TPSA) is 32.3 Å². The van der Waals surface area contributed by atoms with E-state index in [9.17, 15) is 13.6 Å². The van der Waals surface area contributed by atoms with Crippen molar-refractivity contribution >= 4 is 17.5 Å². The molecule has 0 spiro atoms. The minimum Gasteiger partial charge on any atom is -0.345 e. The summed E-state index contributed by atoms with van der Waals surface area (Å²) in [5, 5.41) is 2.85. The van der Waals surface area contributed by atoms with Crippen molar-refractivity contribution in [2.75, 3.05) is 20.6 Å². The number of hydrogen-bond acceptors (Lipinski definition) is 2. The zero-order valence-electron chi connectivity index (χ0n) is 13.5. The number of hydrogen-bond donors (Lipinski definition) is 1. The molecule has 0 radical (unpaired) electrons. The molecular formula is C18H19ClF2N2O. The second-order valence-electron chi connectivity index (χ2n) is 5.77. The summed E-state index contributed by atoms with van der Waals surface area (Å²) in [7, 11) is 3.83. The van der Waals surface area contributed by atoms with Gasteiger partial charge in [-0.3, -0.25) is 4.79 Å². The highest BCUT2D eigenvalue weighted by molar-refractivity contribution is 6.33. The summed E-state index contributed by atoms with van der Waals surface area (Å²) in [4.78, 5) is 14.4. The molecule has 0 aromatic heterocycles. The lowest BCUT2D eigenvalue weighted by Crippen LogP contribution is -2.31. The zero-order chi connectivity index (χ0) is 17.7. The molecule has 128 valence electrons. The minimum atomic E-state index is -0.675. The lowest BCUT2D eigenvalue weighted by Gasteiger charge is -2.21.